The Labute approximate surface area is 162 Å². The van der Waals surface area contributed by atoms with Crippen LogP contribution in [0, 0.1) is 6.92 Å². The Bertz CT molecular complexity index is 955. The third-order valence-corrected chi connectivity index (χ3v) is 5.90. The molecule has 1 saturated heterocycles. The van der Waals surface area contributed by atoms with E-state index >= 15 is 0 Å². The largest absolute Gasteiger partial charge is 0.384 e. The van der Waals surface area contributed by atoms with Crippen molar-refractivity contribution in [2.24, 2.45) is 0 Å². The van der Waals surface area contributed by atoms with Gasteiger partial charge >= 0.3 is 0 Å². The number of nitrogen functional groups attached to an aromatic ring is 1. The van der Waals surface area contributed by atoms with E-state index in [4.69, 9.17) is 5.73 Å². The summed E-state index contributed by atoms with van der Waals surface area (Å²) in [6.07, 6.45) is 4.95. The van der Waals surface area contributed by atoms with E-state index in [2.05, 4.69) is 9.97 Å². The highest BCUT2D eigenvalue weighted by Crippen LogP contribution is 2.33. The Hall–Kier alpha value is -2.73. The van der Waals surface area contributed by atoms with Crippen LogP contribution in [0.15, 0.2) is 48.0 Å². The number of amides is 1. The Morgan fingerprint density at radius 1 is 1.26 bits per heavy atom. The number of benzene rings is 1. The second-order valence-electron chi connectivity index (χ2n) is 6.83. The summed E-state index contributed by atoms with van der Waals surface area (Å²) in [5.74, 6) is 0.570. The number of pyridine rings is 1. The van der Waals surface area contributed by atoms with Crippen LogP contribution in [0.25, 0.3) is 11.1 Å². The molecule has 1 amide bonds. The normalized spacial score (nSPS) is 17.1. The molecule has 3 aromatic rings. The molecule has 0 saturated carbocycles. The van der Waals surface area contributed by atoms with Crippen molar-refractivity contribution in [3.63, 3.8) is 0 Å². The highest BCUT2D eigenvalue weighted by atomic mass is 32.1. The summed E-state index contributed by atoms with van der Waals surface area (Å²) in [7, 11) is 0. The topological polar surface area (TPSA) is 72.1 Å². The van der Waals surface area contributed by atoms with Gasteiger partial charge in [-0.05, 0) is 56.0 Å². The first-order chi connectivity index (χ1) is 13.1. The van der Waals surface area contributed by atoms with Crippen molar-refractivity contribution in [1.82, 2.24) is 14.9 Å². The number of thiazole rings is 1. The molecule has 1 atom stereocenters. The number of nitrogens with two attached hydrogens (primary N) is 1. The smallest absolute Gasteiger partial charge is 0.254 e. The van der Waals surface area contributed by atoms with E-state index < -0.39 is 0 Å². The number of piperidine rings is 1. The number of aromatic nitrogens is 2. The van der Waals surface area contributed by atoms with Gasteiger partial charge in [-0.1, -0.05) is 12.1 Å². The summed E-state index contributed by atoms with van der Waals surface area (Å²) in [6.45, 7) is 2.71. The molecule has 0 bridgehead atoms. The minimum atomic E-state index is 0.0674. The fraction of sp³-hybridized carbons (Fsp3) is 0.286. The van der Waals surface area contributed by atoms with Gasteiger partial charge in [-0.25, -0.2) is 9.97 Å². The number of hydrogen-bond donors (Lipinski definition) is 1. The van der Waals surface area contributed by atoms with Crippen LogP contribution in [0.4, 0.5) is 5.82 Å². The van der Waals surface area contributed by atoms with Gasteiger partial charge in [-0.3, -0.25) is 4.79 Å². The van der Waals surface area contributed by atoms with Gasteiger partial charge in [-0.2, -0.15) is 0 Å². The van der Waals surface area contributed by atoms with Crippen LogP contribution in [0.5, 0.6) is 0 Å². The van der Waals surface area contributed by atoms with Gasteiger partial charge in [0.1, 0.15) is 10.8 Å². The molecule has 1 fully saturated rings. The number of aryl methyl sites for hydroxylation is 1. The lowest BCUT2D eigenvalue weighted by Crippen LogP contribution is -2.38. The average molecular weight is 379 g/mol. The molecule has 1 aromatic carbocycles. The van der Waals surface area contributed by atoms with Crippen molar-refractivity contribution >= 4 is 23.1 Å². The molecule has 0 aliphatic carbocycles. The van der Waals surface area contributed by atoms with Gasteiger partial charge < -0.3 is 10.6 Å². The Balaban J connectivity index is 1.65. The van der Waals surface area contributed by atoms with E-state index in [1.165, 1.54) is 0 Å². The van der Waals surface area contributed by atoms with Gasteiger partial charge in [0, 0.05) is 34.9 Å². The summed E-state index contributed by atoms with van der Waals surface area (Å²) in [5.41, 5.74) is 9.30. The number of likely N-dealkylation sites (tertiary alicyclic amines) is 1. The van der Waals surface area contributed by atoms with Crippen LogP contribution in [0.1, 0.15) is 46.4 Å². The van der Waals surface area contributed by atoms with Crippen LogP contribution in [0.3, 0.4) is 0 Å². The molecule has 3 heterocycles. The zero-order chi connectivity index (χ0) is 18.8. The lowest BCUT2D eigenvalue weighted by molar-refractivity contribution is 0.0611. The standard InChI is InChI=1S/C21H22N4OS/c1-14-17(8-9-19(22)24-14)15-5-4-6-16(13-15)21(26)25-11-3-2-7-18(25)20-23-10-12-27-20/h4-6,8-10,12-13,18H,2-3,7,11H2,1H3,(H2,22,24)/t18-/m0/s1. The molecule has 138 valence electrons. The molecule has 5 nitrogen and oxygen atoms in total. The van der Waals surface area contributed by atoms with E-state index in [1.54, 1.807) is 17.4 Å². The predicted molar refractivity (Wildman–Crippen MR) is 109 cm³/mol. The first kappa shape index (κ1) is 17.7. The van der Waals surface area contributed by atoms with E-state index in [1.807, 2.05) is 53.7 Å². The fourth-order valence-electron chi connectivity index (χ4n) is 3.70. The average Bonchev–Trinajstić information content (AvgIpc) is 3.22. The second-order valence-corrected chi connectivity index (χ2v) is 7.76. The van der Waals surface area contributed by atoms with Gasteiger partial charge in [0.15, 0.2) is 0 Å². The van der Waals surface area contributed by atoms with Crippen molar-refractivity contribution < 1.29 is 4.79 Å². The van der Waals surface area contributed by atoms with Crippen LogP contribution in [0.2, 0.25) is 0 Å². The lowest BCUT2D eigenvalue weighted by atomic mass is 9.98. The summed E-state index contributed by atoms with van der Waals surface area (Å²) >= 11 is 1.62. The molecule has 27 heavy (non-hydrogen) atoms. The minimum Gasteiger partial charge on any atom is -0.384 e. The maximum absolute atomic E-state index is 13.3. The number of anilines is 1. The fourth-order valence-corrected chi connectivity index (χ4v) is 4.49. The van der Waals surface area contributed by atoms with Gasteiger partial charge in [0.05, 0.1) is 6.04 Å². The number of hydrogen-bond acceptors (Lipinski definition) is 5. The van der Waals surface area contributed by atoms with Crippen molar-refractivity contribution in [2.45, 2.75) is 32.2 Å². The van der Waals surface area contributed by atoms with Crippen molar-refractivity contribution in [2.75, 3.05) is 12.3 Å². The molecule has 0 radical (unpaired) electrons. The second kappa shape index (κ2) is 7.48. The molecule has 2 aromatic heterocycles. The highest BCUT2D eigenvalue weighted by molar-refractivity contribution is 7.09. The maximum atomic E-state index is 13.3. The lowest BCUT2D eigenvalue weighted by Gasteiger charge is -2.34. The summed E-state index contributed by atoms with van der Waals surface area (Å²) in [5, 5.41) is 3.00. The van der Waals surface area contributed by atoms with E-state index in [0.717, 1.165) is 47.6 Å². The Morgan fingerprint density at radius 2 is 2.15 bits per heavy atom. The molecule has 1 aliphatic rings. The summed E-state index contributed by atoms with van der Waals surface area (Å²) < 4.78 is 0. The van der Waals surface area contributed by atoms with Crippen LogP contribution in [-0.4, -0.2) is 27.3 Å². The molecule has 0 spiro atoms. The molecule has 2 N–H and O–H groups in total. The SMILES string of the molecule is Cc1nc(N)ccc1-c1cccc(C(=O)N2CCCC[C@H]2c2nccs2)c1. The zero-order valence-corrected chi connectivity index (χ0v) is 16.1. The number of carbonyl (C=O) groups excluding carboxylic acids is 1. The molecule has 6 heteroatoms. The number of carbonyl (C=O) groups is 1. The summed E-state index contributed by atoms with van der Waals surface area (Å²) in [6, 6.07) is 11.6. The first-order valence-electron chi connectivity index (χ1n) is 9.17. The summed E-state index contributed by atoms with van der Waals surface area (Å²) in [4.78, 5) is 24.1. The molecule has 0 unspecified atom stereocenters. The first-order valence-corrected chi connectivity index (χ1v) is 10.1. The number of nitrogens with zero attached hydrogens (tertiary/aromatic N) is 3. The Kier molecular flexibility index (Phi) is 4.90. The maximum Gasteiger partial charge on any atom is 0.254 e. The molecular formula is C21H22N4OS. The van der Waals surface area contributed by atoms with E-state index in [-0.39, 0.29) is 11.9 Å². The van der Waals surface area contributed by atoms with Gasteiger partial charge in [0.25, 0.3) is 5.91 Å². The van der Waals surface area contributed by atoms with Crippen molar-refractivity contribution in [3.8, 4) is 11.1 Å². The van der Waals surface area contributed by atoms with Gasteiger partial charge in [0.2, 0.25) is 0 Å². The van der Waals surface area contributed by atoms with E-state index in [9.17, 15) is 4.79 Å². The molecule has 1 aliphatic heterocycles. The number of rotatable bonds is 3. The van der Waals surface area contributed by atoms with E-state index in [0.29, 0.717) is 11.4 Å². The zero-order valence-electron chi connectivity index (χ0n) is 15.3. The van der Waals surface area contributed by atoms with Crippen molar-refractivity contribution in [1.29, 1.82) is 0 Å². The molecular weight excluding hydrogens is 356 g/mol. The monoisotopic (exact) mass is 378 g/mol. The van der Waals surface area contributed by atoms with Crippen LogP contribution in [-0.2, 0) is 0 Å². The quantitative estimate of drug-likeness (QED) is 0.730. The minimum absolute atomic E-state index is 0.0674. The predicted octanol–water partition coefficient (Wildman–Crippen LogP) is 4.46. The van der Waals surface area contributed by atoms with Crippen LogP contribution >= 0.6 is 11.3 Å². The van der Waals surface area contributed by atoms with Crippen LogP contribution < -0.4 is 5.73 Å². The third-order valence-electron chi connectivity index (χ3n) is 5.03. The van der Waals surface area contributed by atoms with Gasteiger partial charge in [-0.15, -0.1) is 11.3 Å². The third kappa shape index (κ3) is 3.57. The Morgan fingerprint density at radius 3 is 2.93 bits per heavy atom. The van der Waals surface area contributed by atoms with Crippen molar-refractivity contribution in [3.05, 3.63) is 64.2 Å². The molecule has 4 rings (SSSR count). The highest BCUT2D eigenvalue weighted by Gasteiger charge is 2.30.